The van der Waals surface area contributed by atoms with Crippen molar-refractivity contribution in [3.63, 3.8) is 0 Å². The van der Waals surface area contributed by atoms with Crippen molar-refractivity contribution < 1.29 is 4.79 Å². The largest absolute Gasteiger partial charge is 0.345 e. The van der Waals surface area contributed by atoms with E-state index in [1.807, 2.05) is 53.1 Å². The molecule has 0 spiro atoms. The minimum Gasteiger partial charge on any atom is -0.345 e. The number of nitrogens with one attached hydrogen (secondary N) is 2. The minimum absolute atomic E-state index is 0.127. The Morgan fingerprint density at radius 2 is 2.14 bits per heavy atom. The van der Waals surface area contributed by atoms with Gasteiger partial charge in [-0.1, -0.05) is 6.07 Å². The lowest BCUT2D eigenvalue weighted by atomic mass is 10.2. The summed E-state index contributed by atoms with van der Waals surface area (Å²) in [5, 5.41) is 10.9. The van der Waals surface area contributed by atoms with E-state index in [2.05, 4.69) is 20.5 Å². The number of fused-ring (bicyclic) bond motifs is 2. The van der Waals surface area contributed by atoms with Crippen LogP contribution in [-0.2, 0) is 6.54 Å². The van der Waals surface area contributed by atoms with Gasteiger partial charge in [0.2, 0.25) is 0 Å². The van der Waals surface area contributed by atoms with Crippen LogP contribution in [0.2, 0.25) is 0 Å². The van der Waals surface area contributed by atoms with Gasteiger partial charge < -0.3 is 9.72 Å². The molecule has 6 heteroatoms. The van der Waals surface area contributed by atoms with E-state index in [1.165, 1.54) is 0 Å². The molecule has 0 fully saturated rings. The number of rotatable bonds is 3. The third kappa shape index (κ3) is 2.01. The van der Waals surface area contributed by atoms with Gasteiger partial charge in [-0.05, 0) is 36.4 Å². The fourth-order valence-electron chi connectivity index (χ4n) is 2.54. The van der Waals surface area contributed by atoms with Gasteiger partial charge in [0.05, 0.1) is 12.2 Å². The zero-order chi connectivity index (χ0) is 14.9. The molecular formula is C16H13N5O. The Labute approximate surface area is 125 Å². The first-order valence-corrected chi connectivity index (χ1v) is 6.95. The van der Waals surface area contributed by atoms with Gasteiger partial charge in [-0.2, -0.15) is 5.10 Å². The Hall–Kier alpha value is -3.15. The summed E-state index contributed by atoms with van der Waals surface area (Å²) < 4.78 is 1.86. The van der Waals surface area contributed by atoms with Crippen molar-refractivity contribution in [2.45, 2.75) is 6.54 Å². The van der Waals surface area contributed by atoms with E-state index in [0.29, 0.717) is 17.9 Å². The summed E-state index contributed by atoms with van der Waals surface area (Å²) in [7, 11) is 0. The SMILES string of the molecule is O=C(NCc1[nH]nc2ncccc12)c1ccc2ccccn12. The van der Waals surface area contributed by atoms with Gasteiger partial charge in [0, 0.05) is 23.3 Å². The van der Waals surface area contributed by atoms with E-state index >= 15 is 0 Å². The van der Waals surface area contributed by atoms with Crippen LogP contribution in [0.15, 0.2) is 54.9 Å². The van der Waals surface area contributed by atoms with E-state index in [1.54, 1.807) is 6.20 Å². The molecular weight excluding hydrogens is 278 g/mol. The van der Waals surface area contributed by atoms with Crippen molar-refractivity contribution in [1.82, 2.24) is 24.9 Å². The molecule has 0 unspecified atom stereocenters. The van der Waals surface area contributed by atoms with E-state index < -0.39 is 0 Å². The number of nitrogens with zero attached hydrogens (tertiary/aromatic N) is 3. The average Bonchev–Trinajstić information content (AvgIpc) is 3.17. The van der Waals surface area contributed by atoms with Crippen molar-refractivity contribution in [3.8, 4) is 0 Å². The van der Waals surface area contributed by atoms with Crippen LogP contribution in [0.5, 0.6) is 0 Å². The Kier molecular flexibility index (Phi) is 2.86. The van der Waals surface area contributed by atoms with Crippen LogP contribution < -0.4 is 5.32 Å². The number of aromatic amines is 1. The molecule has 0 aliphatic carbocycles. The molecule has 0 radical (unpaired) electrons. The summed E-state index contributed by atoms with van der Waals surface area (Å²) >= 11 is 0. The average molecular weight is 291 g/mol. The van der Waals surface area contributed by atoms with Gasteiger partial charge in [0.25, 0.3) is 5.91 Å². The van der Waals surface area contributed by atoms with Crippen LogP contribution in [0.3, 0.4) is 0 Å². The van der Waals surface area contributed by atoms with Crippen molar-refractivity contribution in [2.24, 2.45) is 0 Å². The molecule has 4 rings (SSSR count). The van der Waals surface area contributed by atoms with Gasteiger partial charge in [0.15, 0.2) is 5.65 Å². The topological polar surface area (TPSA) is 75.1 Å². The zero-order valence-corrected chi connectivity index (χ0v) is 11.7. The van der Waals surface area contributed by atoms with Crippen molar-refractivity contribution in [3.05, 3.63) is 66.2 Å². The minimum atomic E-state index is -0.127. The van der Waals surface area contributed by atoms with Crippen LogP contribution >= 0.6 is 0 Å². The summed E-state index contributed by atoms with van der Waals surface area (Å²) in [5.74, 6) is -0.127. The molecule has 0 bridgehead atoms. The molecule has 0 saturated heterocycles. The van der Waals surface area contributed by atoms with Gasteiger partial charge in [-0.25, -0.2) is 4.98 Å². The molecule has 0 aliphatic heterocycles. The molecule has 4 aromatic rings. The fraction of sp³-hybridized carbons (Fsp3) is 0.0625. The molecule has 108 valence electrons. The van der Waals surface area contributed by atoms with Crippen LogP contribution in [0.1, 0.15) is 16.2 Å². The summed E-state index contributed by atoms with van der Waals surface area (Å²) in [5.41, 5.74) is 3.10. The van der Waals surface area contributed by atoms with E-state index in [4.69, 9.17) is 0 Å². The van der Waals surface area contributed by atoms with E-state index in [9.17, 15) is 4.79 Å². The number of pyridine rings is 2. The molecule has 4 heterocycles. The van der Waals surface area contributed by atoms with E-state index in [-0.39, 0.29) is 5.91 Å². The molecule has 4 aromatic heterocycles. The Morgan fingerprint density at radius 3 is 3.09 bits per heavy atom. The molecule has 2 N–H and O–H groups in total. The summed E-state index contributed by atoms with van der Waals surface area (Å²) in [6.07, 6.45) is 3.57. The molecule has 0 aliphatic rings. The Balaban J connectivity index is 1.57. The number of carbonyl (C=O) groups excluding carboxylic acids is 1. The lowest BCUT2D eigenvalue weighted by Gasteiger charge is -2.04. The summed E-state index contributed by atoms with van der Waals surface area (Å²) in [4.78, 5) is 16.5. The predicted molar refractivity (Wildman–Crippen MR) is 82.5 cm³/mol. The Bertz CT molecular complexity index is 969. The maximum Gasteiger partial charge on any atom is 0.268 e. The number of aromatic nitrogens is 4. The molecule has 1 amide bonds. The third-order valence-electron chi connectivity index (χ3n) is 3.63. The fourth-order valence-corrected chi connectivity index (χ4v) is 2.54. The van der Waals surface area contributed by atoms with Gasteiger partial charge >= 0.3 is 0 Å². The van der Waals surface area contributed by atoms with Crippen molar-refractivity contribution in [1.29, 1.82) is 0 Å². The van der Waals surface area contributed by atoms with Crippen LogP contribution in [0, 0.1) is 0 Å². The van der Waals surface area contributed by atoms with Gasteiger partial charge in [-0.3, -0.25) is 9.89 Å². The second kappa shape index (κ2) is 5.00. The first-order chi connectivity index (χ1) is 10.8. The monoisotopic (exact) mass is 291 g/mol. The van der Waals surface area contributed by atoms with Crippen LogP contribution in [-0.4, -0.2) is 25.5 Å². The third-order valence-corrected chi connectivity index (χ3v) is 3.63. The van der Waals surface area contributed by atoms with Crippen LogP contribution in [0.25, 0.3) is 16.6 Å². The lowest BCUT2D eigenvalue weighted by Crippen LogP contribution is -2.24. The van der Waals surface area contributed by atoms with Gasteiger partial charge in [0.1, 0.15) is 5.69 Å². The lowest BCUT2D eigenvalue weighted by molar-refractivity contribution is 0.0945. The molecule has 0 saturated carbocycles. The van der Waals surface area contributed by atoms with Crippen molar-refractivity contribution >= 4 is 22.5 Å². The second-order valence-electron chi connectivity index (χ2n) is 4.97. The molecule has 22 heavy (non-hydrogen) atoms. The second-order valence-corrected chi connectivity index (χ2v) is 4.97. The number of H-pyrrole nitrogens is 1. The van der Waals surface area contributed by atoms with Crippen LogP contribution in [0.4, 0.5) is 0 Å². The molecule has 6 nitrogen and oxygen atoms in total. The predicted octanol–water partition coefficient (Wildman–Crippen LogP) is 2.14. The molecule has 0 atom stereocenters. The summed E-state index contributed by atoms with van der Waals surface area (Å²) in [6.45, 7) is 0.376. The Morgan fingerprint density at radius 1 is 1.18 bits per heavy atom. The van der Waals surface area contributed by atoms with E-state index in [0.717, 1.165) is 16.6 Å². The van der Waals surface area contributed by atoms with Gasteiger partial charge in [-0.15, -0.1) is 0 Å². The number of carbonyl (C=O) groups is 1. The standard InChI is InChI=1S/C16H13N5O/c22-16(14-7-6-11-4-1-2-9-21(11)14)18-10-13-12-5-3-8-17-15(12)20-19-13/h1-9H,10H2,(H,18,22)(H,17,19,20). The highest BCUT2D eigenvalue weighted by molar-refractivity contribution is 5.94. The highest BCUT2D eigenvalue weighted by Gasteiger charge is 2.12. The number of amides is 1. The smallest absolute Gasteiger partial charge is 0.268 e. The number of hydrogen-bond acceptors (Lipinski definition) is 3. The first kappa shape index (κ1) is 12.6. The quantitative estimate of drug-likeness (QED) is 0.607. The summed E-state index contributed by atoms with van der Waals surface area (Å²) in [6, 6.07) is 13.3. The maximum atomic E-state index is 12.4. The number of hydrogen-bond donors (Lipinski definition) is 2. The normalized spacial score (nSPS) is 11.1. The maximum absolute atomic E-state index is 12.4. The highest BCUT2D eigenvalue weighted by atomic mass is 16.1. The van der Waals surface area contributed by atoms with Crippen molar-refractivity contribution in [2.75, 3.05) is 0 Å². The first-order valence-electron chi connectivity index (χ1n) is 6.95. The molecule has 0 aromatic carbocycles. The highest BCUT2D eigenvalue weighted by Crippen LogP contribution is 2.13. The zero-order valence-electron chi connectivity index (χ0n) is 11.7.